The van der Waals surface area contributed by atoms with Crippen LogP contribution in [-0.2, 0) is 11.3 Å². The monoisotopic (exact) mass is 400 g/mol. The van der Waals surface area contributed by atoms with Crippen molar-refractivity contribution in [3.63, 3.8) is 0 Å². The first kappa shape index (κ1) is 17.9. The van der Waals surface area contributed by atoms with Crippen LogP contribution in [0.4, 0.5) is 0 Å². The van der Waals surface area contributed by atoms with Gasteiger partial charge in [0.25, 0.3) is 0 Å². The zero-order valence-corrected chi connectivity index (χ0v) is 16.2. The molecule has 0 saturated carbocycles. The number of halogens is 1. The van der Waals surface area contributed by atoms with E-state index in [2.05, 4.69) is 16.4 Å². The van der Waals surface area contributed by atoms with E-state index in [9.17, 15) is 4.79 Å². The zero-order valence-electron chi connectivity index (χ0n) is 14.6. The second kappa shape index (κ2) is 7.66. The molecule has 0 radical (unpaired) electrons. The molecule has 1 amide bonds. The molecule has 1 aromatic heterocycles. The smallest absolute Gasteiger partial charge is 0.231 e. The van der Waals surface area contributed by atoms with Gasteiger partial charge in [-0.15, -0.1) is 11.8 Å². The van der Waals surface area contributed by atoms with E-state index >= 15 is 0 Å². The topological polar surface area (TPSA) is 60.5 Å². The number of nitrogens with zero attached hydrogens (tertiary/aromatic N) is 1. The molecule has 3 aromatic rings. The number of nitrogens with one attached hydrogen (secondary N) is 1. The van der Waals surface area contributed by atoms with Crippen molar-refractivity contribution in [1.29, 1.82) is 0 Å². The van der Waals surface area contributed by atoms with Gasteiger partial charge < -0.3 is 14.8 Å². The fraction of sp³-hybridized carbons (Fsp3) is 0.200. The molecule has 0 spiro atoms. The van der Waals surface area contributed by atoms with E-state index in [0.29, 0.717) is 23.2 Å². The van der Waals surface area contributed by atoms with Gasteiger partial charge in [-0.25, -0.2) is 4.98 Å². The third-order valence-electron chi connectivity index (χ3n) is 4.18. The summed E-state index contributed by atoms with van der Waals surface area (Å²) in [4.78, 5) is 17.6. The number of amides is 1. The van der Waals surface area contributed by atoms with Gasteiger partial charge >= 0.3 is 0 Å². The van der Waals surface area contributed by atoms with Crippen LogP contribution in [-0.4, -0.2) is 23.4 Å². The van der Waals surface area contributed by atoms with Gasteiger partial charge in [0.15, 0.2) is 11.5 Å². The number of benzene rings is 2. The van der Waals surface area contributed by atoms with Crippen molar-refractivity contribution < 1.29 is 14.3 Å². The maximum atomic E-state index is 12.3. The number of pyridine rings is 1. The number of hydrogen-bond donors (Lipinski definition) is 1. The second-order valence-electron chi connectivity index (χ2n) is 6.22. The molecule has 7 heteroatoms. The molecule has 27 heavy (non-hydrogen) atoms. The molecule has 138 valence electrons. The maximum Gasteiger partial charge on any atom is 0.231 e. The van der Waals surface area contributed by atoms with Crippen molar-refractivity contribution in [1.82, 2.24) is 10.3 Å². The van der Waals surface area contributed by atoms with E-state index in [0.717, 1.165) is 32.7 Å². The lowest BCUT2D eigenvalue weighted by molar-refractivity contribution is -0.118. The Bertz CT molecular complexity index is 1030. The van der Waals surface area contributed by atoms with Crippen LogP contribution in [0.1, 0.15) is 11.1 Å². The fourth-order valence-corrected chi connectivity index (χ4v) is 4.01. The Morgan fingerprint density at radius 2 is 2.04 bits per heavy atom. The Balaban J connectivity index is 1.39. The summed E-state index contributed by atoms with van der Waals surface area (Å²) in [6.07, 6.45) is 0. The van der Waals surface area contributed by atoms with Gasteiger partial charge in [0, 0.05) is 16.8 Å². The third-order valence-corrected chi connectivity index (χ3v) is 5.43. The predicted octanol–water partition coefficient (Wildman–Crippen LogP) is 4.33. The molecule has 1 aliphatic rings. The lowest BCUT2D eigenvalue weighted by Gasteiger charge is -2.09. The molecular weight excluding hydrogens is 384 g/mol. The van der Waals surface area contributed by atoms with Gasteiger partial charge in [-0.1, -0.05) is 29.3 Å². The Labute approximate surface area is 166 Å². The zero-order chi connectivity index (χ0) is 18.8. The Morgan fingerprint density at radius 1 is 1.19 bits per heavy atom. The summed E-state index contributed by atoms with van der Waals surface area (Å²) in [5, 5.41) is 4.36. The Hall–Kier alpha value is -2.44. The van der Waals surface area contributed by atoms with Crippen molar-refractivity contribution in [2.24, 2.45) is 0 Å². The van der Waals surface area contributed by atoms with Crippen molar-refractivity contribution in [3.8, 4) is 11.5 Å². The van der Waals surface area contributed by atoms with E-state index in [1.807, 2.05) is 37.3 Å². The number of thioether (sulfide) groups is 1. The number of fused-ring (bicyclic) bond motifs is 2. The number of carbonyl (C=O) groups excluding carboxylic acids is 1. The highest BCUT2D eigenvalue weighted by Gasteiger charge is 2.14. The number of rotatable bonds is 5. The standard InChI is InChI=1S/C20H17ClN2O3S/c1-12-2-4-15-14(6-12)18(8-19(21)23-15)27-10-20(24)22-9-13-3-5-16-17(7-13)26-11-25-16/h2-8H,9-11H2,1H3,(H,22,24). The molecule has 0 bridgehead atoms. The van der Waals surface area contributed by atoms with Crippen LogP contribution in [0.2, 0.25) is 5.15 Å². The van der Waals surface area contributed by atoms with Gasteiger partial charge in [-0.05, 0) is 42.8 Å². The van der Waals surface area contributed by atoms with E-state index < -0.39 is 0 Å². The molecule has 5 nitrogen and oxygen atoms in total. The summed E-state index contributed by atoms with van der Waals surface area (Å²) < 4.78 is 10.6. The minimum atomic E-state index is -0.0496. The van der Waals surface area contributed by atoms with Crippen LogP contribution < -0.4 is 14.8 Å². The molecule has 1 aliphatic heterocycles. The van der Waals surface area contributed by atoms with Gasteiger partial charge in [0.1, 0.15) is 5.15 Å². The summed E-state index contributed by atoms with van der Waals surface area (Å²) >= 11 is 7.57. The van der Waals surface area contributed by atoms with Crippen LogP contribution in [0.25, 0.3) is 10.9 Å². The number of hydrogen-bond acceptors (Lipinski definition) is 5. The fourth-order valence-electron chi connectivity index (χ4n) is 2.84. The maximum absolute atomic E-state index is 12.3. The molecule has 0 saturated heterocycles. The minimum Gasteiger partial charge on any atom is -0.454 e. The molecule has 0 fully saturated rings. The summed E-state index contributed by atoms with van der Waals surface area (Å²) in [6, 6.07) is 13.5. The van der Waals surface area contributed by atoms with Crippen LogP contribution in [0.15, 0.2) is 47.4 Å². The van der Waals surface area contributed by atoms with Crippen molar-refractivity contribution in [2.75, 3.05) is 12.5 Å². The Morgan fingerprint density at radius 3 is 2.93 bits per heavy atom. The number of aryl methyl sites for hydroxylation is 1. The first-order valence-corrected chi connectivity index (χ1v) is 9.80. The summed E-state index contributed by atoms with van der Waals surface area (Å²) in [7, 11) is 0. The SMILES string of the molecule is Cc1ccc2nc(Cl)cc(SCC(=O)NCc3ccc4c(c3)OCO4)c2c1. The van der Waals surface area contributed by atoms with Crippen molar-refractivity contribution in [3.05, 3.63) is 58.7 Å². The molecule has 2 aromatic carbocycles. The molecule has 0 unspecified atom stereocenters. The average Bonchev–Trinajstić information content (AvgIpc) is 3.12. The van der Waals surface area contributed by atoms with E-state index in [-0.39, 0.29) is 12.7 Å². The summed E-state index contributed by atoms with van der Waals surface area (Å²) in [5.74, 6) is 1.70. The van der Waals surface area contributed by atoms with Crippen LogP contribution in [0, 0.1) is 6.92 Å². The third kappa shape index (κ3) is 4.12. The molecular formula is C20H17ClN2O3S. The molecule has 2 heterocycles. The van der Waals surface area contributed by atoms with Crippen molar-refractivity contribution >= 4 is 40.2 Å². The molecule has 0 atom stereocenters. The minimum absolute atomic E-state index is 0.0496. The van der Waals surface area contributed by atoms with Gasteiger partial charge in [-0.3, -0.25) is 4.79 Å². The van der Waals surface area contributed by atoms with E-state index in [4.69, 9.17) is 21.1 Å². The van der Waals surface area contributed by atoms with Gasteiger partial charge in [0.2, 0.25) is 12.7 Å². The normalized spacial score (nSPS) is 12.4. The highest BCUT2D eigenvalue weighted by molar-refractivity contribution is 8.00. The number of carbonyl (C=O) groups is 1. The van der Waals surface area contributed by atoms with Crippen LogP contribution in [0.5, 0.6) is 11.5 Å². The van der Waals surface area contributed by atoms with Gasteiger partial charge in [-0.2, -0.15) is 0 Å². The average molecular weight is 401 g/mol. The Kier molecular flexibility index (Phi) is 5.09. The number of aromatic nitrogens is 1. The first-order chi connectivity index (χ1) is 13.1. The van der Waals surface area contributed by atoms with Crippen LogP contribution >= 0.6 is 23.4 Å². The highest BCUT2D eigenvalue weighted by atomic mass is 35.5. The number of ether oxygens (including phenoxy) is 2. The lowest BCUT2D eigenvalue weighted by atomic mass is 10.1. The molecule has 0 aliphatic carbocycles. The first-order valence-electron chi connectivity index (χ1n) is 8.43. The van der Waals surface area contributed by atoms with E-state index in [1.54, 1.807) is 6.07 Å². The molecule has 1 N–H and O–H groups in total. The summed E-state index contributed by atoms with van der Waals surface area (Å²) in [6.45, 7) is 2.71. The van der Waals surface area contributed by atoms with Crippen molar-refractivity contribution in [2.45, 2.75) is 18.4 Å². The quantitative estimate of drug-likeness (QED) is 0.510. The molecule has 4 rings (SSSR count). The van der Waals surface area contributed by atoms with Crippen LogP contribution in [0.3, 0.4) is 0 Å². The predicted molar refractivity (Wildman–Crippen MR) is 107 cm³/mol. The lowest BCUT2D eigenvalue weighted by Crippen LogP contribution is -2.24. The van der Waals surface area contributed by atoms with E-state index in [1.165, 1.54) is 11.8 Å². The summed E-state index contributed by atoms with van der Waals surface area (Å²) in [5.41, 5.74) is 2.93. The largest absolute Gasteiger partial charge is 0.454 e. The second-order valence-corrected chi connectivity index (χ2v) is 7.62. The van der Waals surface area contributed by atoms with Gasteiger partial charge in [0.05, 0.1) is 11.3 Å². The highest BCUT2D eigenvalue weighted by Crippen LogP contribution is 2.32.